The van der Waals surface area contributed by atoms with Crippen LogP contribution < -0.4 is 10.9 Å². The van der Waals surface area contributed by atoms with Crippen LogP contribution in [0.1, 0.15) is 12.8 Å². The molecule has 0 aliphatic carbocycles. The lowest BCUT2D eigenvalue weighted by Crippen LogP contribution is -2.50. The van der Waals surface area contributed by atoms with Gasteiger partial charge in [0, 0.05) is 62.3 Å². The molecule has 0 radical (unpaired) electrons. The van der Waals surface area contributed by atoms with Crippen molar-refractivity contribution >= 4 is 28.3 Å². The molecular weight excluding hydrogens is 447 g/mol. The first-order valence-electron chi connectivity index (χ1n) is 10.7. The highest BCUT2D eigenvalue weighted by molar-refractivity contribution is 5.95. The number of amidine groups is 1. The molecule has 1 aliphatic rings. The van der Waals surface area contributed by atoms with E-state index < -0.39 is 12.6 Å². The van der Waals surface area contributed by atoms with Crippen LogP contribution in [0, 0.1) is 12.8 Å². The van der Waals surface area contributed by atoms with Gasteiger partial charge >= 0.3 is 6.18 Å². The fraction of sp³-hybridized carbons (Fsp3) is 0.375. The monoisotopic (exact) mass is 475 g/mol. The standard InChI is InChI=1S/C22H26F3N5O2.C2H2/c1-26-19(4-2-3-9-22(23,24)25)30-12-10-29(11-13-30)15-21(32)27-17-6-7-18-16(14-17)5-8-20(31)28-18;1-2/h2,4-8,14H,3,9-13,15H2,1H3,(H,27,32)(H,28,31);1-2H/b4-2-,26-19?;. The lowest BCUT2D eigenvalue weighted by atomic mass is 10.2. The average molecular weight is 476 g/mol. The number of alkyl halides is 3. The van der Waals surface area contributed by atoms with Crippen molar-refractivity contribution in [3.63, 3.8) is 0 Å². The SMILES string of the molecule is C#C.CN=C(/C=C\CCC(F)(F)F)N1CCN(CC(=O)Nc2ccc3[nH]c(=O)ccc3c2)CC1. The molecular formula is C24H28F3N5O2. The maximum Gasteiger partial charge on any atom is 0.389 e. The highest BCUT2D eigenvalue weighted by atomic mass is 19.4. The molecule has 2 aromatic rings. The molecule has 1 aromatic heterocycles. The molecule has 1 aromatic carbocycles. The number of halogens is 3. The molecule has 1 amide bonds. The van der Waals surface area contributed by atoms with Crippen LogP contribution in [-0.4, -0.2) is 72.5 Å². The van der Waals surface area contributed by atoms with Crippen molar-refractivity contribution in [3.8, 4) is 12.8 Å². The lowest BCUT2D eigenvalue weighted by molar-refractivity contribution is -0.133. The second-order valence-corrected chi connectivity index (χ2v) is 7.57. The second-order valence-electron chi connectivity index (χ2n) is 7.57. The van der Waals surface area contributed by atoms with Gasteiger partial charge in [0.25, 0.3) is 0 Å². The molecule has 0 spiro atoms. The fourth-order valence-corrected chi connectivity index (χ4v) is 3.53. The van der Waals surface area contributed by atoms with E-state index in [1.54, 1.807) is 37.4 Å². The Morgan fingerprint density at radius 3 is 2.53 bits per heavy atom. The zero-order chi connectivity index (χ0) is 25.1. The van der Waals surface area contributed by atoms with Gasteiger partial charge in [0.2, 0.25) is 11.5 Å². The van der Waals surface area contributed by atoms with E-state index in [1.165, 1.54) is 12.1 Å². The first-order valence-corrected chi connectivity index (χ1v) is 10.7. The number of hydrogen-bond donors (Lipinski definition) is 2. The van der Waals surface area contributed by atoms with Gasteiger partial charge in [-0.2, -0.15) is 13.2 Å². The quantitative estimate of drug-likeness (QED) is 0.382. The molecule has 34 heavy (non-hydrogen) atoms. The van der Waals surface area contributed by atoms with E-state index in [4.69, 9.17) is 0 Å². The van der Waals surface area contributed by atoms with Crippen molar-refractivity contribution in [3.05, 3.63) is 52.8 Å². The number of carbonyl (C=O) groups is 1. The Morgan fingerprint density at radius 1 is 1.18 bits per heavy atom. The molecule has 182 valence electrons. The summed E-state index contributed by atoms with van der Waals surface area (Å²) in [6.45, 7) is 2.78. The van der Waals surface area contributed by atoms with Gasteiger partial charge in [-0.05, 0) is 36.8 Å². The van der Waals surface area contributed by atoms with Crippen LogP contribution in [0.4, 0.5) is 18.9 Å². The first kappa shape index (κ1) is 26.7. The third-order valence-electron chi connectivity index (χ3n) is 5.16. The normalized spacial score (nSPS) is 15.2. The molecule has 0 saturated carbocycles. The van der Waals surface area contributed by atoms with E-state index in [9.17, 15) is 22.8 Å². The van der Waals surface area contributed by atoms with Crippen LogP contribution in [0.15, 0.2) is 52.3 Å². The van der Waals surface area contributed by atoms with Gasteiger partial charge in [-0.15, -0.1) is 12.8 Å². The van der Waals surface area contributed by atoms with E-state index in [0.717, 1.165) is 5.39 Å². The summed E-state index contributed by atoms with van der Waals surface area (Å²) in [4.78, 5) is 34.7. The largest absolute Gasteiger partial charge is 0.389 e. The minimum absolute atomic E-state index is 0.0759. The van der Waals surface area contributed by atoms with Gasteiger partial charge in [0.05, 0.1) is 6.54 Å². The molecule has 0 bridgehead atoms. The first-order chi connectivity index (χ1) is 16.2. The van der Waals surface area contributed by atoms with Crippen LogP contribution in [0.3, 0.4) is 0 Å². The third-order valence-corrected chi connectivity index (χ3v) is 5.16. The number of aliphatic imine (C=N–C) groups is 1. The summed E-state index contributed by atoms with van der Waals surface area (Å²) in [6.07, 6.45) is 6.04. The number of terminal acetylenes is 1. The Bertz CT molecular complexity index is 1100. The summed E-state index contributed by atoms with van der Waals surface area (Å²) >= 11 is 0. The minimum Gasteiger partial charge on any atom is -0.354 e. The van der Waals surface area contributed by atoms with E-state index in [2.05, 4.69) is 28.1 Å². The molecule has 7 nitrogen and oxygen atoms in total. The van der Waals surface area contributed by atoms with Gasteiger partial charge in [-0.25, -0.2) is 0 Å². The number of pyridine rings is 1. The van der Waals surface area contributed by atoms with E-state index in [0.29, 0.717) is 43.2 Å². The smallest absolute Gasteiger partial charge is 0.354 e. The highest BCUT2D eigenvalue weighted by Crippen LogP contribution is 2.21. The van der Waals surface area contributed by atoms with Crippen molar-refractivity contribution < 1.29 is 18.0 Å². The number of nitrogens with zero attached hydrogens (tertiary/aromatic N) is 3. The molecule has 2 heterocycles. The number of anilines is 1. The maximum absolute atomic E-state index is 12.4. The summed E-state index contributed by atoms with van der Waals surface area (Å²) in [5.74, 6) is 0.504. The van der Waals surface area contributed by atoms with Crippen molar-refractivity contribution in [2.75, 3.05) is 45.1 Å². The Kier molecular flexibility index (Phi) is 9.89. The van der Waals surface area contributed by atoms with E-state index >= 15 is 0 Å². The summed E-state index contributed by atoms with van der Waals surface area (Å²) in [5.41, 5.74) is 1.17. The highest BCUT2D eigenvalue weighted by Gasteiger charge is 2.25. The zero-order valence-corrected chi connectivity index (χ0v) is 18.9. The van der Waals surface area contributed by atoms with Crippen molar-refractivity contribution in [1.82, 2.24) is 14.8 Å². The number of aromatic nitrogens is 1. The molecule has 1 aliphatic heterocycles. The average Bonchev–Trinajstić information content (AvgIpc) is 2.80. The number of amides is 1. The van der Waals surface area contributed by atoms with Crippen molar-refractivity contribution in [2.45, 2.75) is 19.0 Å². The number of benzene rings is 1. The molecule has 2 N–H and O–H groups in total. The Morgan fingerprint density at radius 2 is 1.88 bits per heavy atom. The second kappa shape index (κ2) is 12.6. The molecule has 1 saturated heterocycles. The van der Waals surface area contributed by atoms with E-state index in [1.807, 2.05) is 9.80 Å². The predicted octanol–water partition coefficient (Wildman–Crippen LogP) is 3.26. The number of allylic oxidation sites excluding steroid dienone is 1. The number of piperazine rings is 1. The summed E-state index contributed by atoms with van der Waals surface area (Å²) in [5, 5.41) is 3.70. The Balaban J connectivity index is 0.00000199. The minimum atomic E-state index is -4.16. The lowest BCUT2D eigenvalue weighted by Gasteiger charge is -2.35. The zero-order valence-electron chi connectivity index (χ0n) is 18.9. The topological polar surface area (TPSA) is 80.8 Å². The number of fused-ring (bicyclic) bond motifs is 1. The molecule has 1 fully saturated rings. The van der Waals surface area contributed by atoms with Crippen LogP contribution in [0.25, 0.3) is 10.9 Å². The number of hydrogen-bond acceptors (Lipinski definition) is 4. The molecule has 0 atom stereocenters. The van der Waals surface area contributed by atoms with Crippen LogP contribution in [0.2, 0.25) is 0 Å². The van der Waals surface area contributed by atoms with Gasteiger partial charge in [0.15, 0.2) is 0 Å². The Labute approximate surface area is 196 Å². The third kappa shape index (κ3) is 8.41. The molecule has 0 unspecified atom stereocenters. The summed E-state index contributed by atoms with van der Waals surface area (Å²) < 4.78 is 36.8. The summed E-state index contributed by atoms with van der Waals surface area (Å²) in [7, 11) is 1.61. The molecule has 10 heteroatoms. The number of rotatable bonds is 6. The van der Waals surface area contributed by atoms with Crippen molar-refractivity contribution in [1.29, 1.82) is 0 Å². The van der Waals surface area contributed by atoms with Gasteiger partial charge in [-0.1, -0.05) is 6.08 Å². The van der Waals surface area contributed by atoms with Gasteiger partial charge in [-0.3, -0.25) is 19.5 Å². The van der Waals surface area contributed by atoms with Gasteiger partial charge < -0.3 is 15.2 Å². The van der Waals surface area contributed by atoms with Crippen LogP contribution in [0.5, 0.6) is 0 Å². The van der Waals surface area contributed by atoms with Crippen LogP contribution in [-0.2, 0) is 4.79 Å². The predicted molar refractivity (Wildman–Crippen MR) is 129 cm³/mol. The number of aromatic amines is 1. The summed E-state index contributed by atoms with van der Waals surface area (Å²) in [6, 6.07) is 8.43. The number of H-pyrrole nitrogens is 1. The molecule has 3 rings (SSSR count). The van der Waals surface area contributed by atoms with Crippen molar-refractivity contribution in [2.24, 2.45) is 4.99 Å². The maximum atomic E-state index is 12.4. The number of carbonyl (C=O) groups excluding carboxylic acids is 1. The van der Waals surface area contributed by atoms with E-state index in [-0.39, 0.29) is 24.4 Å². The Hall–Kier alpha value is -3.58. The van der Waals surface area contributed by atoms with Crippen LogP contribution >= 0.6 is 0 Å². The fourth-order valence-electron chi connectivity index (χ4n) is 3.53. The number of nitrogens with one attached hydrogen (secondary N) is 2. The van der Waals surface area contributed by atoms with Gasteiger partial charge in [0.1, 0.15) is 5.84 Å².